The number of thiophene rings is 1. The number of sulfonamides is 1. The Bertz CT molecular complexity index is 1260. The Kier molecular flexibility index (Phi) is 5.43. The predicted octanol–water partition coefficient (Wildman–Crippen LogP) is 5.29. The topological polar surface area (TPSA) is 66.5 Å². The van der Waals surface area contributed by atoms with Crippen LogP contribution < -0.4 is 9.62 Å². The molecule has 0 bridgehead atoms. The van der Waals surface area contributed by atoms with Gasteiger partial charge in [-0.3, -0.25) is 9.52 Å². The summed E-state index contributed by atoms with van der Waals surface area (Å²) in [5.74, 6) is -0.0149. The van der Waals surface area contributed by atoms with Gasteiger partial charge >= 0.3 is 0 Å². The van der Waals surface area contributed by atoms with Crippen molar-refractivity contribution in [3.05, 3.63) is 74.0 Å². The van der Waals surface area contributed by atoms with Crippen molar-refractivity contribution in [2.45, 2.75) is 45.9 Å². The maximum Gasteiger partial charge on any atom is 0.268 e. The molecule has 1 aliphatic rings. The molecule has 1 N–H and O–H groups in total. The van der Waals surface area contributed by atoms with E-state index in [1.807, 2.05) is 64.3 Å². The van der Waals surface area contributed by atoms with E-state index in [2.05, 4.69) is 4.72 Å². The molecule has 7 heteroatoms. The summed E-state index contributed by atoms with van der Waals surface area (Å²) in [5, 5.41) is 1.89. The third-order valence-electron chi connectivity index (χ3n) is 6.40. The molecule has 5 nitrogen and oxygen atoms in total. The Labute approximate surface area is 187 Å². The van der Waals surface area contributed by atoms with Crippen LogP contribution in [0.5, 0.6) is 0 Å². The highest BCUT2D eigenvalue weighted by Gasteiger charge is 2.28. The van der Waals surface area contributed by atoms with Crippen molar-refractivity contribution in [1.29, 1.82) is 0 Å². The lowest BCUT2D eigenvalue weighted by atomic mass is 9.95. The van der Waals surface area contributed by atoms with Gasteiger partial charge in [0.15, 0.2) is 0 Å². The van der Waals surface area contributed by atoms with E-state index in [-0.39, 0.29) is 5.91 Å². The van der Waals surface area contributed by atoms with Crippen molar-refractivity contribution in [1.82, 2.24) is 0 Å². The Balaban J connectivity index is 1.66. The number of rotatable bonds is 4. The number of nitrogens with one attached hydrogen (secondary N) is 1. The number of hydrogen-bond acceptors (Lipinski definition) is 4. The molecule has 1 aliphatic heterocycles. The van der Waals surface area contributed by atoms with Gasteiger partial charge in [-0.2, -0.15) is 0 Å². The van der Waals surface area contributed by atoms with Crippen LogP contribution in [0.3, 0.4) is 0 Å². The van der Waals surface area contributed by atoms with Crippen molar-refractivity contribution >= 4 is 38.6 Å². The van der Waals surface area contributed by atoms with Crippen molar-refractivity contribution < 1.29 is 13.2 Å². The molecular formula is C24H26N2O3S2. The van der Waals surface area contributed by atoms with E-state index < -0.39 is 10.0 Å². The molecule has 162 valence electrons. The summed E-state index contributed by atoms with van der Waals surface area (Å²) in [4.78, 5) is 15.6. The van der Waals surface area contributed by atoms with E-state index in [0.29, 0.717) is 28.4 Å². The maximum absolute atomic E-state index is 13.3. The standard InChI is InChI=1S/C24H26N2O3S2/c1-14-15(2)17(4)23(18(5)16(14)3)31(28,29)25-20-8-9-21-19(13-20)10-11-26(21)24(27)22-7-6-12-30-22/h6-9,12-13,25H,10-11H2,1-5H3. The molecule has 0 saturated heterocycles. The summed E-state index contributed by atoms with van der Waals surface area (Å²) in [6.07, 6.45) is 0.697. The molecule has 1 aromatic heterocycles. The first-order valence-corrected chi connectivity index (χ1v) is 12.6. The number of nitrogens with zero attached hydrogens (tertiary/aromatic N) is 1. The molecule has 0 atom stereocenters. The summed E-state index contributed by atoms with van der Waals surface area (Å²) in [7, 11) is -3.75. The molecule has 0 aliphatic carbocycles. The highest BCUT2D eigenvalue weighted by atomic mass is 32.2. The zero-order chi connectivity index (χ0) is 22.5. The third-order valence-corrected chi connectivity index (χ3v) is 8.92. The van der Waals surface area contributed by atoms with Crippen LogP contribution >= 0.6 is 11.3 Å². The monoisotopic (exact) mass is 454 g/mol. The fraction of sp³-hybridized carbons (Fsp3) is 0.292. The molecular weight excluding hydrogens is 428 g/mol. The number of anilines is 2. The van der Waals surface area contributed by atoms with E-state index in [1.54, 1.807) is 11.0 Å². The summed E-state index contributed by atoms with van der Waals surface area (Å²) in [5.41, 5.74) is 7.01. The second kappa shape index (κ2) is 7.80. The van der Waals surface area contributed by atoms with E-state index >= 15 is 0 Å². The minimum Gasteiger partial charge on any atom is -0.307 e. The van der Waals surface area contributed by atoms with Crippen molar-refractivity contribution in [2.24, 2.45) is 0 Å². The Morgan fingerprint density at radius 1 is 0.968 bits per heavy atom. The lowest BCUT2D eigenvalue weighted by Gasteiger charge is -2.20. The number of carbonyl (C=O) groups is 1. The molecule has 0 fully saturated rings. The summed E-state index contributed by atoms with van der Waals surface area (Å²) in [6.45, 7) is 10.3. The van der Waals surface area contributed by atoms with Gasteiger partial charge in [-0.15, -0.1) is 11.3 Å². The van der Waals surface area contributed by atoms with Crippen LogP contribution in [0.4, 0.5) is 11.4 Å². The van der Waals surface area contributed by atoms with E-state index in [0.717, 1.165) is 39.1 Å². The second-order valence-electron chi connectivity index (χ2n) is 8.09. The lowest BCUT2D eigenvalue weighted by molar-refractivity contribution is 0.0993. The van der Waals surface area contributed by atoms with Gasteiger partial charge in [0.05, 0.1) is 9.77 Å². The van der Waals surface area contributed by atoms with Crippen LogP contribution in [0.15, 0.2) is 40.6 Å². The predicted molar refractivity (Wildman–Crippen MR) is 127 cm³/mol. The smallest absolute Gasteiger partial charge is 0.268 e. The molecule has 1 amide bonds. The van der Waals surface area contributed by atoms with Crippen molar-refractivity contribution in [2.75, 3.05) is 16.2 Å². The van der Waals surface area contributed by atoms with E-state index in [4.69, 9.17) is 0 Å². The molecule has 4 rings (SSSR count). The van der Waals surface area contributed by atoms with E-state index in [1.165, 1.54) is 11.3 Å². The molecule has 0 spiro atoms. The Morgan fingerprint density at radius 2 is 1.61 bits per heavy atom. The van der Waals surface area contributed by atoms with Crippen molar-refractivity contribution in [3.8, 4) is 0 Å². The van der Waals surface area contributed by atoms with Crippen molar-refractivity contribution in [3.63, 3.8) is 0 Å². The zero-order valence-corrected chi connectivity index (χ0v) is 20.0. The van der Waals surface area contributed by atoms with Gasteiger partial charge in [0.1, 0.15) is 0 Å². The molecule has 0 radical (unpaired) electrons. The zero-order valence-electron chi connectivity index (χ0n) is 18.4. The van der Waals surface area contributed by atoms with Gasteiger partial charge in [-0.05, 0) is 104 Å². The molecule has 2 aromatic carbocycles. The number of hydrogen-bond donors (Lipinski definition) is 1. The largest absolute Gasteiger partial charge is 0.307 e. The Morgan fingerprint density at radius 3 is 2.23 bits per heavy atom. The van der Waals surface area contributed by atoms with Gasteiger partial charge in [0.2, 0.25) is 0 Å². The average molecular weight is 455 g/mol. The summed E-state index contributed by atoms with van der Waals surface area (Å²) in [6, 6.07) is 9.09. The first-order valence-electron chi connectivity index (χ1n) is 10.2. The van der Waals surface area contributed by atoms with E-state index in [9.17, 15) is 13.2 Å². The SMILES string of the molecule is Cc1c(C)c(C)c(S(=O)(=O)Nc2ccc3c(c2)CCN3C(=O)c2cccs2)c(C)c1C. The van der Waals surface area contributed by atoms with Gasteiger partial charge in [0, 0.05) is 17.9 Å². The number of amides is 1. The van der Waals surface area contributed by atoms with Gasteiger partial charge in [-0.1, -0.05) is 6.07 Å². The van der Waals surface area contributed by atoms with Gasteiger partial charge in [-0.25, -0.2) is 8.42 Å². The second-order valence-corrected chi connectivity index (χ2v) is 10.7. The van der Waals surface area contributed by atoms with Crippen LogP contribution in [0.2, 0.25) is 0 Å². The van der Waals surface area contributed by atoms with Crippen LogP contribution in [-0.4, -0.2) is 20.9 Å². The first-order chi connectivity index (χ1) is 14.6. The summed E-state index contributed by atoms with van der Waals surface area (Å²) < 4.78 is 29.4. The number of carbonyl (C=O) groups excluding carboxylic acids is 1. The number of benzene rings is 2. The maximum atomic E-state index is 13.3. The quantitative estimate of drug-likeness (QED) is 0.582. The highest BCUT2D eigenvalue weighted by Crippen LogP contribution is 2.34. The average Bonchev–Trinajstić information content (AvgIpc) is 3.39. The van der Waals surface area contributed by atoms with Gasteiger partial charge < -0.3 is 4.90 Å². The van der Waals surface area contributed by atoms with Crippen LogP contribution in [0.25, 0.3) is 0 Å². The van der Waals surface area contributed by atoms with Crippen LogP contribution in [-0.2, 0) is 16.4 Å². The minimum absolute atomic E-state index is 0.0149. The molecule has 0 saturated carbocycles. The fourth-order valence-corrected chi connectivity index (χ4v) is 6.61. The number of fused-ring (bicyclic) bond motifs is 1. The normalized spacial score (nSPS) is 13.4. The van der Waals surface area contributed by atoms with Crippen LogP contribution in [0.1, 0.15) is 43.1 Å². The Hall–Kier alpha value is -2.64. The third kappa shape index (κ3) is 3.66. The summed E-state index contributed by atoms with van der Waals surface area (Å²) >= 11 is 1.42. The molecule has 3 aromatic rings. The molecule has 2 heterocycles. The van der Waals surface area contributed by atoms with Crippen LogP contribution in [0, 0.1) is 34.6 Å². The lowest BCUT2D eigenvalue weighted by Crippen LogP contribution is -2.28. The first kappa shape index (κ1) is 21.6. The molecule has 0 unspecified atom stereocenters. The highest BCUT2D eigenvalue weighted by molar-refractivity contribution is 7.92. The fourth-order valence-electron chi connectivity index (χ4n) is 4.28. The minimum atomic E-state index is -3.75. The molecule has 31 heavy (non-hydrogen) atoms. The van der Waals surface area contributed by atoms with Gasteiger partial charge in [0.25, 0.3) is 15.9 Å².